The second kappa shape index (κ2) is 8.59. The average molecular weight is 318 g/mol. The van der Waals surface area contributed by atoms with Crippen LogP contribution in [0.4, 0.5) is 0 Å². The molecule has 0 aliphatic carbocycles. The highest BCUT2D eigenvalue weighted by atomic mass is 35.5. The number of nitrogens with one attached hydrogen (secondary N) is 1. The molecular formula is C15H28ClN3O2. The predicted molar refractivity (Wildman–Crippen MR) is 85.6 cm³/mol. The molecule has 21 heavy (non-hydrogen) atoms. The molecule has 0 aromatic rings. The summed E-state index contributed by atoms with van der Waals surface area (Å²) < 4.78 is 0. The summed E-state index contributed by atoms with van der Waals surface area (Å²) in [5.41, 5.74) is 0. The van der Waals surface area contributed by atoms with Gasteiger partial charge in [-0.05, 0) is 46.1 Å². The summed E-state index contributed by atoms with van der Waals surface area (Å²) in [4.78, 5) is 28.6. The van der Waals surface area contributed by atoms with E-state index in [1.54, 1.807) is 0 Å². The van der Waals surface area contributed by atoms with Gasteiger partial charge in [-0.2, -0.15) is 0 Å². The molecule has 2 fully saturated rings. The lowest BCUT2D eigenvalue weighted by Gasteiger charge is -2.29. The van der Waals surface area contributed by atoms with Gasteiger partial charge in [0, 0.05) is 32.1 Å². The number of hydrogen-bond donors (Lipinski definition) is 1. The second-order valence-corrected chi connectivity index (χ2v) is 5.75. The number of nitrogens with zero attached hydrogens (tertiary/aromatic N) is 2. The molecule has 2 rings (SSSR count). The third kappa shape index (κ3) is 4.33. The van der Waals surface area contributed by atoms with Crippen LogP contribution >= 0.6 is 12.4 Å². The van der Waals surface area contributed by atoms with Crippen molar-refractivity contribution in [1.29, 1.82) is 0 Å². The third-order valence-electron chi connectivity index (χ3n) is 4.52. The van der Waals surface area contributed by atoms with Crippen molar-refractivity contribution in [2.24, 2.45) is 0 Å². The average Bonchev–Trinajstić information content (AvgIpc) is 3.10. The molecule has 0 aromatic heterocycles. The van der Waals surface area contributed by atoms with Gasteiger partial charge in [-0.3, -0.25) is 9.59 Å². The molecule has 2 unspecified atom stereocenters. The van der Waals surface area contributed by atoms with E-state index in [0.29, 0.717) is 12.5 Å². The zero-order valence-electron chi connectivity index (χ0n) is 13.1. The fourth-order valence-electron chi connectivity index (χ4n) is 3.33. The molecule has 0 bridgehead atoms. The van der Waals surface area contributed by atoms with Gasteiger partial charge < -0.3 is 15.1 Å². The predicted octanol–water partition coefficient (Wildman–Crippen LogP) is 1.41. The van der Waals surface area contributed by atoms with Crippen LogP contribution in [-0.4, -0.2) is 59.9 Å². The van der Waals surface area contributed by atoms with Crippen LogP contribution in [0, 0.1) is 0 Å². The number of carbonyl (C=O) groups excluding carboxylic acids is 2. The smallest absolute Gasteiger partial charge is 0.245 e. The fraction of sp³-hybridized carbons (Fsp3) is 0.867. The Morgan fingerprint density at radius 3 is 2.48 bits per heavy atom. The summed E-state index contributed by atoms with van der Waals surface area (Å²) >= 11 is 0. The normalized spacial score (nSPS) is 24.8. The van der Waals surface area contributed by atoms with Gasteiger partial charge in [0.15, 0.2) is 0 Å². The van der Waals surface area contributed by atoms with E-state index in [-0.39, 0.29) is 30.3 Å². The van der Waals surface area contributed by atoms with E-state index in [4.69, 9.17) is 0 Å². The third-order valence-corrected chi connectivity index (χ3v) is 4.52. The quantitative estimate of drug-likeness (QED) is 0.834. The summed E-state index contributed by atoms with van der Waals surface area (Å²) in [6, 6.07) is 0.0936. The highest BCUT2D eigenvalue weighted by Gasteiger charge is 2.36. The maximum absolute atomic E-state index is 12.5. The Morgan fingerprint density at radius 1 is 1.19 bits per heavy atom. The first-order chi connectivity index (χ1) is 9.67. The Kier molecular flexibility index (Phi) is 7.46. The number of likely N-dealkylation sites (N-methyl/N-ethyl adjacent to an activating group) is 1. The fourth-order valence-corrected chi connectivity index (χ4v) is 3.33. The highest BCUT2D eigenvalue weighted by Crippen LogP contribution is 2.22. The molecule has 0 saturated carbocycles. The number of likely N-dealkylation sites (tertiary alicyclic amines) is 1. The van der Waals surface area contributed by atoms with Crippen molar-refractivity contribution in [3.05, 3.63) is 0 Å². The first-order valence-electron chi connectivity index (χ1n) is 7.99. The zero-order chi connectivity index (χ0) is 14.5. The van der Waals surface area contributed by atoms with Gasteiger partial charge in [-0.1, -0.05) is 0 Å². The van der Waals surface area contributed by atoms with Crippen molar-refractivity contribution in [2.75, 3.05) is 26.2 Å². The van der Waals surface area contributed by atoms with E-state index in [0.717, 1.165) is 51.9 Å². The molecule has 1 N–H and O–H groups in total. The minimum absolute atomic E-state index is 0. The van der Waals surface area contributed by atoms with Crippen LogP contribution in [0.1, 0.15) is 46.0 Å². The SMILES string of the molecule is CCN(CC)C(=O)C1CCCN1C(=O)CC1CCCN1.Cl. The lowest BCUT2D eigenvalue weighted by atomic mass is 10.1. The van der Waals surface area contributed by atoms with Gasteiger partial charge in [0.2, 0.25) is 11.8 Å². The van der Waals surface area contributed by atoms with Gasteiger partial charge in [0.05, 0.1) is 0 Å². The molecule has 2 saturated heterocycles. The van der Waals surface area contributed by atoms with Gasteiger partial charge in [-0.15, -0.1) is 12.4 Å². The van der Waals surface area contributed by atoms with Crippen molar-refractivity contribution in [2.45, 2.75) is 58.0 Å². The topological polar surface area (TPSA) is 52.7 Å². The van der Waals surface area contributed by atoms with Crippen LogP contribution in [0.15, 0.2) is 0 Å². The Balaban J connectivity index is 0.00000220. The molecule has 6 heteroatoms. The van der Waals surface area contributed by atoms with E-state index >= 15 is 0 Å². The van der Waals surface area contributed by atoms with Crippen LogP contribution in [0.2, 0.25) is 0 Å². The highest BCUT2D eigenvalue weighted by molar-refractivity contribution is 5.88. The molecule has 2 heterocycles. The minimum atomic E-state index is -0.219. The van der Waals surface area contributed by atoms with Crippen molar-refractivity contribution in [1.82, 2.24) is 15.1 Å². The summed E-state index contributed by atoms with van der Waals surface area (Å²) in [5.74, 6) is 0.271. The van der Waals surface area contributed by atoms with E-state index in [1.807, 2.05) is 23.6 Å². The Bertz CT molecular complexity index is 355. The number of carbonyl (C=O) groups is 2. The van der Waals surface area contributed by atoms with Crippen LogP contribution in [0.5, 0.6) is 0 Å². The molecule has 0 radical (unpaired) electrons. The molecule has 2 atom stereocenters. The molecule has 2 aliphatic heterocycles. The lowest BCUT2D eigenvalue weighted by molar-refractivity contribution is -0.143. The van der Waals surface area contributed by atoms with Crippen molar-refractivity contribution < 1.29 is 9.59 Å². The standard InChI is InChI=1S/C15H27N3O2.ClH/c1-3-17(4-2)15(20)13-8-6-10-18(13)14(19)11-12-7-5-9-16-12;/h12-13,16H,3-11H2,1-2H3;1H. The molecule has 2 aliphatic rings. The van der Waals surface area contributed by atoms with Gasteiger partial charge in [0.25, 0.3) is 0 Å². The van der Waals surface area contributed by atoms with Crippen LogP contribution < -0.4 is 5.32 Å². The van der Waals surface area contributed by atoms with Crippen LogP contribution in [0.25, 0.3) is 0 Å². The largest absolute Gasteiger partial charge is 0.341 e. The van der Waals surface area contributed by atoms with Crippen molar-refractivity contribution in [3.63, 3.8) is 0 Å². The van der Waals surface area contributed by atoms with Crippen LogP contribution in [0.3, 0.4) is 0 Å². The number of hydrogen-bond acceptors (Lipinski definition) is 3. The number of rotatable bonds is 5. The molecule has 5 nitrogen and oxygen atoms in total. The van der Waals surface area contributed by atoms with Gasteiger partial charge in [0.1, 0.15) is 6.04 Å². The summed E-state index contributed by atoms with van der Waals surface area (Å²) in [5, 5.41) is 3.36. The molecule has 122 valence electrons. The Morgan fingerprint density at radius 2 is 1.90 bits per heavy atom. The Hall–Kier alpha value is -0.810. The number of amides is 2. The van der Waals surface area contributed by atoms with Crippen molar-refractivity contribution in [3.8, 4) is 0 Å². The molecule has 0 aromatic carbocycles. The zero-order valence-corrected chi connectivity index (χ0v) is 14.0. The van der Waals surface area contributed by atoms with Crippen LogP contribution in [-0.2, 0) is 9.59 Å². The minimum Gasteiger partial charge on any atom is -0.341 e. The maximum Gasteiger partial charge on any atom is 0.245 e. The summed E-state index contributed by atoms with van der Waals surface area (Å²) in [7, 11) is 0. The molecular weight excluding hydrogens is 290 g/mol. The first-order valence-corrected chi connectivity index (χ1v) is 7.99. The Labute approximate surface area is 133 Å². The van der Waals surface area contributed by atoms with E-state index in [1.165, 1.54) is 0 Å². The number of halogens is 1. The van der Waals surface area contributed by atoms with E-state index in [2.05, 4.69) is 5.32 Å². The van der Waals surface area contributed by atoms with E-state index < -0.39 is 0 Å². The van der Waals surface area contributed by atoms with Gasteiger partial charge in [-0.25, -0.2) is 0 Å². The summed E-state index contributed by atoms with van der Waals surface area (Å²) in [6.45, 7) is 7.18. The van der Waals surface area contributed by atoms with Crippen molar-refractivity contribution >= 4 is 24.2 Å². The second-order valence-electron chi connectivity index (χ2n) is 5.75. The monoisotopic (exact) mass is 317 g/mol. The molecule has 0 spiro atoms. The van der Waals surface area contributed by atoms with E-state index in [9.17, 15) is 9.59 Å². The first kappa shape index (κ1) is 18.2. The lowest BCUT2D eigenvalue weighted by Crippen LogP contribution is -2.48. The molecule has 2 amide bonds. The van der Waals surface area contributed by atoms with Gasteiger partial charge >= 0.3 is 0 Å². The summed E-state index contributed by atoms with van der Waals surface area (Å²) in [6.07, 6.45) is 4.54. The maximum atomic E-state index is 12.5.